The van der Waals surface area contributed by atoms with Gasteiger partial charge < -0.3 is 5.32 Å². The van der Waals surface area contributed by atoms with Crippen molar-refractivity contribution >= 4 is 35.0 Å². The van der Waals surface area contributed by atoms with E-state index in [4.69, 9.17) is 11.6 Å². The quantitative estimate of drug-likeness (QED) is 0.760. The van der Waals surface area contributed by atoms with Crippen LogP contribution in [0.25, 0.3) is 0 Å². The highest BCUT2D eigenvalue weighted by atomic mass is 35.5. The van der Waals surface area contributed by atoms with Crippen LogP contribution in [0.2, 0.25) is 5.15 Å². The van der Waals surface area contributed by atoms with Crippen LogP contribution < -0.4 is 5.32 Å². The highest BCUT2D eigenvalue weighted by molar-refractivity contribution is 7.99. The molecule has 0 saturated carbocycles. The second kappa shape index (κ2) is 6.74. The third-order valence-corrected chi connectivity index (χ3v) is 3.17. The molecule has 6 heteroatoms. The Morgan fingerprint density at radius 3 is 3.07 bits per heavy atom. The highest BCUT2D eigenvalue weighted by Gasteiger charge is 2.06. The molecule has 0 spiro atoms. The normalized spacial score (nSPS) is 10.3. The molecule has 0 bridgehead atoms. The monoisotopic (exact) mass is 247 g/mol. The lowest BCUT2D eigenvalue weighted by molar-refractivity contribution is -0.115. The predicted octanol–water partition coefficient (Wildman–Crippen LogP) is 2.53. The van der Waals surface area contributed by atoms with Gasteiger partial charge in [0.1, 0.15) is 0 Å². The molecule has 1 heterocycles. The van der Waals surface area contributed by atoms with Crippen molar-refractivity contribution in [2.24, 2.45) is 0 Å². The number of carbonyl (C=O) groups excluding carboxylic acids is 1. The summed E-state index contributed by atoms with van der Waals surface area (Å²) in [5.41, 5.74) is 0.544. The summed E-state index contributed by atoms with van der Waals surface area (Å²) in [6.07, 6.45) is 3.21. The molecule has 0 aliphatic carbocycles. The Morgan fingerprint density at radius 2 is 2.47 bits per heavy atom. The number of H-pyrrole nitrogens is 1. The van der Waals surface area contributed by atoms with Crippen molar-refractivity contribution in [3.63, 3.8) is 0 Å². The molecule has 1 rings (SSSR count). The van der Waals surface area contributed by atoms with Crippen molar-refractivity contribution in [3.05, 3.63) is 11.3 Å². The highest BCUT2D eigenvalue weighted by Crippen LogP contribution is 2.17. The molecule has 1 aromatic rings. The van der Waals surface area contributed by atoms with Crippen molar-refractivity contribution in [2.75, 3.05) is 16.8 Å². The molecule has 0 unspecified atom stereocenters. The molecule has 84 valence electrons. The summed E-state index contributed by atoms with van der Waals surface area (Å²) in [6.45, 7) is 2.12. The molecule has 15 heavy (non-hydrogen) atoms. The first-order valence-corrected chi connectivity index (χ1v) is 6.34. The Bertz CT molecular complexity index is 316. The molecule has 0 aliphatic heterocycles. The van der Waals surface area contributed by atoms with Gasteiger partial charge in [-0.15, -0.1) is 0 Å². The number of amides is 1. The van der Waals surface area contributed by atoms with Gasteiger partial charge in [0.2, 0.25) is 5.91 Å². The second-order valence-corrected chi connectivity index (χ2v) is 4.58. The van der Waals surface area contributed by atoms with Crippen LogP contribution >= 0.6 is 23.4 Å². The Morgan fingerprint density at radius 1 is 1.67 bits per heavy atom. The topological polar surface area (TPSA) is 57.8 Å². The number of hydrogen-bond acceptors (Lipinski definition) is 3. The minimum Gasteiger partial charge on any atom is -0.322 e. The first kappa shape index (κ1) is 12.4. The van der Waals surface area contributed by atoms with Crippen molar-refractivity contribution in [3.8, 4) is 0 Å². The largest absolute Gasteiger partial charge is 0.322 e. The van der Waals surface area contributed by atoms with Gasteiger partial charge in [0, 0.05) is 18.4 Å². The fourth-order valence-electron chi connectivity index (χ4n) is 0.985. The zero-order chi connectivity index (χ0) is 11.1. The minimum atomic E-state index is -0.0260. The van der Waals surface area contributed by atoms with Crippen molar-refractivity contribution < 1.29 is 4.79 Å². The van der Waals surface area contributed by atoms with Crippen molar-refractivity contribution in [2.45, 2.75) is 19.8 Å². The van der Waals surface area contributed by atoms with Crippen LogP contribution in [0.1, 0.15) is 19.8 Å². The Balaban J connectivity index is 2.22. The van der Waals surface area contributed by atoms with E-state index in [0.717, 1.165) is 17.9 Å². The number of halogens is 1. The molecule has 4 nitrogen and oxygen atoms in total. The van der Waals surface area contributed by atoms with E-state index >= 15 is 0 Å². The van der Waals surface area contributed by atoms with E-state index in [0.29, 0.717) is 17.3 Å². The standard InChI is InChI=1S/C9H14ClN3OS/c1-2-4-15-5-3-8(14)12-7-6-11-13-9(7)10/h6H,2-5H2,1H3,(H,11,13)(H,12,14). The molecule has 1 amide bonds. The molecule has 0 atom stereocenters. The molecule has 0 fully saturated rings. The number of nitrogens with zero attached hydrogens (tertiary/aromatic N) is 1. The fourth-order valence-corrected chi connectivity index (χ4v) is 1.96. The number of aromatic nitrogens is 2. The van der Waals surface area contributed by atoms with Gasteiger partial charge in [-0.2, -0.15) is 16.9 Å². The molecule has 2 N–H and O–H groups in total. The molecule has 0 aromatic carbocycles. The molecular weight excluding hydrogens is 234 g/mol. The summed E-state index contributed by atoms with van der Waals surface area (Å²) in [5.74, 6) is 1.91. The van der Waals surface area contributed by atoms with Gasteiger partial charge in [0.15, 0.2) is 5.15 Å². The average Bonchev–Trinajstić information content (AvgIpc) is 2.59. The van der Waals surface area contributed by atoms with Crippen LogP contribution in [0, 0.1) is 0 Å². The van der Waals surface area contributed by atoms with Crippen LogP contribution in [0.4, 0.5) is 5.69 Å². The minimum absolute atomic E-state index is 0.0260. The summed E-state index contributed by atoms with van der Waals surface area (Å²) in [4.78, 5) is 11.4. The van der Waals surface area contributed by atoms with Crippen LogP contribution in [0.15, 0.2) is 6.20 Å². The molecule has 0 aliphatic rings. The lowest BCUT2D eigenvalue weighted by Gasteiger charge is -2.02. The number of aromatic amines is 1. The Kier molecular flexibility index (Phi) is 5.57. The second-order valence-electron chi connectivity index (χ2n) is 3.00. The van der Waals surface area contributed by atoms with Crippen molar-refractivity contribution in [1.29, 1.82) is 0 Å². The summed E-state index contributed by atoms with van der Waals surface area (Å²) >= 11 is 7.49. The van der Waals surface area contributed by atoms with E-state index in [9.17, 15) is 4.79 Å². The van der Waals surface area contributed by atoms with E-state index < -0.39 is 0 Å². The van der Waals surface area contributed by atoms with Gasteiger partial charge in [0.25, 0.3) is 0 Å². The van der Waals surface area contributed by atoms with Crippen molar-refractivity contribution in [1.82, 2.24) is 10.2 Å². The van der Waals surface area contributed by atoms with Gasteiger partial charge in [-0.05, 0) is 12.2 Å². The van der Waals surface area contributed by atoms with Gasteiger partial charge in [-0.25, -0.2) is 0 Å². The van der Waals surface area contributed by atoms with Crippen LogP contribution in [-0.4, -0.2) is 27.6 Å². The van der Waals surface area contributed by atoms with E-state index in [2.05, 4.69) is 22.4 Å². The summed E-state index contributed by atoms with van der Waals surface area (Å²) in [7, 11) is 0. The molecule has 1 aromatic heterocycles. The molecule has 0 saturated heterocycles. The van der Waals surface area contributed by atoms with Crippen LogP contribution in [-0.2, 0) is 4.79 Å². The van der Waals surface area contributed by atoms with E-state index in [1.807, 2.05) is 0 Å². The van der Waals surface area contributed by atoms with E-state index in [1.165, 1.54) is 0 Å². The van der Waals surface area contributed by atoms with Gasteiger partial charge in [0.05, 0.1) is 5.69 Å². The Hall–Kier alpha value is -0.680. The maximum absolute atomic E-state index is 11.4. The summed E-state index contributed by atoms with van der Waals surface area (Å²) in [5, 5.41) is 9.26. The number of carbonyl (C=O) groups is 1. The van der Waals surface area contributed by atoms with E-state index in [1.54, 1.807) is 18.0 Å². The van der Waals surface area contributed by atoms with Crippen LogP contribution in [0.3, 0.4) is 0 Å². The third kappa shape index (κ3) is 4.57. The fraction of sp³-hybridized carbons (Fsp3) is 0.556. The third-order valence-electron chi connectivity index (χ3n) is 1.69. The first-order valence-electron chi connectivity index (χ1n) is 4.81. The SMILES string of the molecule is CCCSCCC(=O)Nc1c[nH]nc1Cl. The average molecular weight is 248 g/mol. The van der Waals surface area contributed by atoms with Gasteiger partial charge >= 0.3 is 0 Å². The predicted molar refractivity (Wildman–Crippen MR) is 64.5 cm³/mol. The Labute approximate surface area is 98.2 Å². The number of hydrogen-bond donors (Lipinski definition) is 2. The zero-order valence-electron chi connectivity index (χ0n) is 8.55. The number of nitrogens with one attached hydrogen (secondary N) is 2. The van der Waals surface area contributed by atoms with Gasteiger partial charge in [-0.3, -0.25) is 9.89 Å². The van der Waals surface area contributed by atoms with Gasteiger partial charge in [-0.1, -0.05) is 18.5 Å². The zero-order valence-corrected chi connectivity index (χ0v) is 10.1. The number of rotatable bonds is 6. The molecule has 0 radical (unpaired) electrons. The first-order chi connectivity index (χ1) is 7.24. The summed E-state index contributed by atoms with van der Waals surface area (Å²) in [6, 6.07) is 0. The molecular formula is C9H14ClN3OS. The maximum atomic E-state index is 11.4. The maximum Gasteiger partial charge on any atom is 0.225 e. The number of anilines is 1. The van der Waals surface area contributed by atoms with Crippen LogP contribution in [0.5, 0.6) is 0 Å². The lowest BCUT2D eigenvalue weighted by Crippen LogP contribution is -2.12. The van der Waals surface area contributed by atoms with E-state index in [-0.39, 0.29) is 5.91 Å². The lowest BCUT2D eigenvalue weighted by atomic mass is 10.4. The smallest absolute Gasteiger partial charge is 0.225 e. The number of thioether (sulfide) groups is 1. The summed E-state index contributed by atoms with van der Waals surface area (Å²) < 4.78 is 0.